The van der Waals surface area contributed by atoms with Crippen LogP contribution in [0, 0.1) is 0 Å². The number of amides is 2. The summed E-state index contributed by atoms with van der Waals surface area (Å²) in [6, 6.07) is 14.4. The fourth-order valence-electron chi connectivity index (χ4n) is 2.36. The van der Waals surface area contributed by atoms with Gasteiger partial charge in [-0.15, -0.1) is 0 Å². The van der Waals surface area contributed by atoms with Crippen LogP contribution in [0.2, 0.25) is 5.02 Å². The first-order valence-electron chi connectivity index (χ1n) is 7.91. The van der Waals surface area contributed by atoms with Gasteiger partial charge in [0.05, 0.1) is 4.91 Å². The molecule has 7 heteroatoms. The summed E-state index contributed by atoms with van der Waals surface area (Å²) < 4.78 is 0.279. The van der Waals surface area contributed by atoms with Crippen LogP contribution in [0.5, 0.6) is 0 Å². The molecule has 2 aromatic rings. The lowest BCUT2D eigenvalue weighted by atomic mass is 10.1. The zero-order valence-electron chi connectivity index (χ0n) is 13.9. The first kappa shape index (κ1) is 18.6. The highest BCUT2D eigenvalue weighted by atomic mass is 35.5. The molecule has 0 saturated carbocycles. The Kier molecular flexibility index (Phi) is 5.76. The topological polar surface area (TPSA) is 49.4 Å². The average Bonchev–Trinajstić information content (AvgIpc) is 2.89. The van der Waals surface area contributed by atoms with E-state index in [1.165, 1.54) is 11.6 Å². The molecule has 2 aromatic carbocycles. The number of hydrogen-bond acceptors (Lipinski definition) is 4. The summed E-state index contributed by atoms with van der Waals surface area (Å²) in [4.78, 5) is 25.4. The quantitative estimate of drug-likeness (QED) is 0.606. The van der Waals surface area contributed by atoms with Crippen LogP contribution in [0.4, 0.5) is 0 Å². The lowest BCUT2D eigenvalue weighted by Crippen LogP contribution is -2.44. The molecule has 0 spiro atoms. The third-order valence-corrected chi connectivity index (χ3v) is 5.32. The number of hydrazine groups is 1. The molecule has 26 heavy (non-hydrogen) atoms. The Morgan fingerprint density at radius 3 is 2.65 bits per heavy atom. The van der Waals surface area contributed by atoms with E-state index in [0.717, 1.165) is 28.8 Å². The Bertz CT molecular complexity index is 910. The van der Waals surface area contributed by atoms with Crippen molar-refractivity contribution in [3.63, 3.8) is 0 Å². The predicted molar refractivity (Wildman–Crippen MR) is 110 cm³/mol. The molecular formula is C19H15ClN2O2S2. The first-order valence-corrected chi connectivity index (χ1v) is 9.51. The minimum absolute atomic E-state index is 0.279. The molecule has 1 heterocycles. The van der Waals surface area contributed by atoms with Gasteiger partial charge in [0.15, 0.2) is 4.32 Å². The van der Waals surface area contributed by atoms with Gasteiger partial charge in [0, 0.05) is 10.6 Å². The number of nitrogens with one attached hydrogen (secondary N) is 1. The van der Waals surface area contributed by atoms with E-state index in [0.29, 0.717) is 15.5 Å². The van der Waals surface area contributed by atoms with E-state index in [2.05, 4.69) is 12.3 Å². The van der Waals surface area contributed by atoms with E-state index in [1.54, 1.807) is 24.3 Å². The van der Waals surface area contributed by atoms with Crippen molar-refractivity contribution in [2.24, 2.45) is 0 Å². The molecule has 1 aliphatic heterocycles. The number of aryl methyl sites for hydroxylation is 1. The number of benzene rings is 2. The van der Waals surface area contributed by atoms with Crippen molar-refractivity contribution in [2.45, 2.75) is 13.3 Å². The number of carbonyl (C=O) groups is 2. The highest BCUT2D eigenvalue weighted by molar-refractivity contribution is 8.26. The van der Waals surface area contributed by atoms with E-state index >= 15 is 0 Å². The molecule has 4 nitrogen and oxygen atoms in total. The summed E-state index contributed by atoms with van der Waals surface area (Å²) in [5, 5.41) is 1.54. The summed E-state index contributed by atoms with van der Waals surface area (Å²) in [7, 11) is 0. The molecular weight excluding hydrogens is 388 g/mol. The third-order valence-electron chi connectivity index (χ3n) is 3.78. The fourth-order valence-corrected chi connectivity index (χ4v) is 3.73. The zero-order chi connectivity index (χ0) is 18.7. The molecule has 0 unspecified atom stereocenters. The predicted octanol–water partition coefficient (Wildman–Crippen LogP) is 4.45. The number of nitrogens with zero attached hydrogens (tertiary/aromatic N) is 1. The number of halogens is 1. The number of hydrogen-bond donors (Lipinski definition) is 1. The SMILES string of the molecule is CCc1ccc(/C=C2/SC(=S)N(NC(=O)c3cccc(Cl)c3)C2=O)cc1. The largest absolute Gasteiger partial charge is 0.285 e. The highest BCUT2D eigenvalue weighted by Gasteiger charge is 2.33. The van der Waals surface area contributed by atoms with Gasteiger partial charge in [-0.2, -0.15) is 5.01 Å². The van der Waals surface area contributed by atoms with Gasteiger partial charge >= 0.3 is 0 Å². The maximum absolute atomic E-state index is 12.6. The standard InChI is InChI=1S/C19H15ClN2O2S2/c1-2-12-6-8-13(9-7-12)10-16-18(24)22(19(25)26-16)21-17(23)14-4-3-5-15(20)11-14/h3-11H,2H2,1H3,(H,21,23)/b16-10+. The molecule has 0 atom stereocenters. The van der Waals surface area contributed by atoms with Crippen LogP contribution in [-0.4, -0.2) is 21.1 Å². The Hall–Kier alpha value is -2.15. The lowest BCUT2D eigenvalue weighted by Gasteiger charge is -2.15. The van der Waals surface area contributed by atoms with Crippen LogP contribution in [0.1, 0.15) is 28.4 Å². The first-order chi connectivity index (χ1) is 12.5. The number of thioether (sulfide) groups is 1. The van der Waals surface area contributed by atoms with Crippen LogP contribution in [-0.2, 0) is 11.2 Å². The van der Waals surface area contributed by atoms with Crippen molar-refractivity contribution in [3.8, 4) is 0 Å². The Morgan fingerprint density at radius 2 is 2.00 bits per heavy atom. The van der Waals surface area contributed by atoms with Gasteiger partial charge in [0.2, 0.25) is 0 Å². The molecule has 2 amide bonds. The number of rotatable bonds is 4. The molecule has 3 rings (SSSR count). The smallest absolute Gasteiger partial charge is 0.267 e. The van der Waals surface area contributed by atoms with Crippen LogP contribution >= 0.6 is 35.6 Å². The summed E-state index contributed by atoms with van der Waals surface area (Å²) in [6.07, 6.45) is 2.72. The second-order valence-electron chi connectivity index (χ2n) is 5.56. The van der Waals surface area contributed by atoms with Crippen LogP contribution in [0.15, 0.2) is 53.4 Å². The van der Waals surface area contributed by atoms with Crippen LogP contribution in [0.3, 0.4) is 0 Å². The van der Waals surface area contributed by atoms with Gasteiger partial charge in [0.25, 0.3) is 11.8 Å². The van der Waals surface area contributed by atoms with E-state index < -0.39 is 5.91 Å². The number of carbonyl (C=O) groups excluding carboxylic acids is 2. The van der Waals surface area contributed by atoms with Gasteiger partial charge in [-0.25, -0.2) is 0 Å². The van der Waals surface area contributed by atoms with Crippen molar-refractivity contribution < 1.29 is 9.59 Å². The van der Waals surface area contributed by atoms with Gasteiger partial charge < -0.3 is 0 Å². The van der Waals surface area contributed by atoms with Crippen LogP contribution < -0.4 is 5.43 Å². The highest BCUT2D eigenvalue weighted by Crippen LogP contribution is 2.31. The molecule has 0 bridgehead atoms. The summed E-state index contributed by atoms with van der Waals surface area (Å²) in [5.74, 6) is -0.799. The summed E-state index contributed by atoms with van der Waals surface area (Å²) in [6.45, 7) is 2.09. The van der Waals surface area contributed by atoms with Crippen molar-refractivity contribution >= 4 is 57.8 Å². The Morgan fingerprint density at radius 1 is 1.27 bits per heavy atom. The number of thiocarbonyl (C=S) groups is 1. The summed E-state index contributed by atoms with van der Waals surface area (Å²) >= 11 is 12.3. The van der Waals surface area contributed by atoms with Gasteiger partial charge in [-0.05, 0) is 54.0 Å². The van der Waals surface area contributed by atoms with Crippen LogP contribution in [0.25, 0.3) is 6.08 Å². The minimum atomic E-state index is -0.447. The van der Waals surface area contributed by atoms with E-state index in [9.17, 15) is 9.59 Å². The van der Waals surface area contributed by atoms with Gasteiger partial charge in [0.1, 0.15) is 0 Å². The van der Waals surface area contributed by atoms with E-state index in [4.69, 9.17) is 23.8 Å². The van der Waals surface area contributed by atoms with E-state index in [-0.39, 0.29) is 10.2 Å². The minimum Gasteiger partial charge on any atom is -0.267 e. The average molecular weight is 403 g/mol. The molecule has 1 aliphatic rings. The third kappa shape index (κ3) is 4.15. The molecule has 1 N–H and O–H groups in total. The van der Waals surface area contributed by atoms with Crippen molar-refractivity contribution in [1.82, 2.24) is 10.4 Å². The molecule has 0 aromatic heterocycles. The van der Waals surface area contributed by atoms with Crippen molar-refractivity contribution in [2.75, 3.05) is 0 Å². The molecule has 0 radical (unpaired) electrons. The Labute approximate surface area is 166 Å². The van der Waals surface area contributed by atoms with Gasteiger partial charge in [-0.3, -0.25) is 15.0 Å². The lowest BCUT2D eigenvalue weighted by molar-refractivity contribution is -0.123. The molecule has 132 valence electrons. The molecule has 0 aliphatic carbocycles. The second-order valence-corrected chi connectivity index (χ2v) is 7.68. The maximum Gasteiger partial charge on any atom is 0.285 e. The van der Waals surface area contributed by atoms with Crippen molar-refractivity contribution in [3.05, 3.63) is 75.1 Å². The fraction of sp³-hybridized carbons (Fsp3) is 0.105. The zero-order valence-corrected chi connectivity index (χ0v) is 16.3. The normalized spacial score (nSPS) is 15.6. The summed E-state index contributed by atoms with van der Waals surface area (Å²) in [5.41, 5.74) is 5.02. The van der Waals surface area contributed by atoms with Gasteiger partial charge in [-0.1, -0.05) is 60.6 Å². The second kappa shape index (κ2) is 8.03. The monoisotopic (exact) mass is 402 g/mol. The Balaban J connectivity index is 1.76. The van der Waals surface area contributed by atoms with Crippen molar-refractivity contribution in [1.29, 1.82) is 0 Å². The maximum atomic E-state index is 12.6. The van der Waals surface area contributed by atoms with E-state index in [1.807, 2.05) is 24.3 Å². The molecule has 1 fully saturated rings. The molecule has 1 saturated heterocycles.